The van der Waals surface area contributed by atoms with Crippen LogP contribution in [0.15, 0.2) is 54.7 Å². The first kappa shape index (κ1) is 17.1. The average Bonchev–Trinajstić information content (AvgIpc) is 2.63. The van der Waals surface area contributed by atoms with Crippen LogP contribution < -0.4 is 10.6 Å². The molecule has 7 heteroatoms. The number of rotatable bonds is 7. The number of hydrogen-bond donors (Lipinski definition) is 3. The molecule has 3 N–H and O–H groups in total. The van der Waals surface area contributed by atoms with Gasteiger partial charge in [-0.05, 0) is 36.8 Å². The number of nitrogens with zero attached hydrogens (tertiary/aromatic N) is 3. The highest BCUT2D eigenvalue weighted by Gasteiger charge is 2.08. The van der Waals surface area contributed by atoms with E-state index < -0.39 is 0 Å². The molecule has 2 heterocycles. The third-order valence-corrected chi connectivity index (χ3v) is 3.60. The number of aliphatic hydroxyl groups is 1. The first-order valence-electron chi connectivity index (χ1n) is 7.92. The second-order valence-electron chi connectivity index (χ2n) is 5.32. The van der Waals surface area contributed by atoms with Gasteiger partial charge in [0, 0.05) is 36.1 Å². The molecule has 0 atom stereocenters. The minimum absolute atomic E-state index is 0.112. The first-order chi connectivity index (χ1) is 12.2. The zero-order chi connectivity index (χ0) is 17.5. The van der Waals surface area contributed by atoms with E-state index in [2.05, 4.69) is 25.6 Å². The fourth-order valence-electron chi connectivity index (χ4n) is 2.23. The largest absolute Gasteiger partial charge is 0.396 e. The van der Waals surface area contributed by atoms with Gasteiger partial charge in [0.15, 0.2) is 0 Å². The maximum Gasteiger partial charge on any atom is 0.225 e. The molecule has 0 aliphatic heterocycles. The van der Waals surface area contributed by atoms with E-state index in [4.69, 9.17) is 16.7 Å². The lowest BCUT2D eigenvalue weighted by Crippen LogP contribution is -2.09. The van der Waals surface area contributed by atoms with Gasteiger partial charge < -0.3 is 15.7 Å². The lowest BCUT2D eigenvalue weighted by atomic mass is 10.2. The summed E-state index contributed by atoms with van der Waals surface area (Å²) < 4.78 is 0. The Labute approximate surface area is 150 Å². The Balaban J connectivity index is 1.91. The molecule has 0 aliphatic carbocycles. The van der Waals surface area contributed by atoms with Crippen molar-refractivity contribution in [2.24, 2.45) is 0 Å². The summed E-state index contributed by atoms with van der Waals surface area (Å²) in [6.07, 6.45) is 2.34. The molecular formula is C18H18ClN5O. The molecule has 25 heavy (non-hydrogen) atoms. The Morgan fingerprint density at radius 3 is 2.68 bits per heavy atom. The van der Waals surface area contributed by atoms with E-state index in [0.29, 0.717) is 35.4 Å². The fourth-order valence-corrected chi connectivity index (χ4v) is 2.42. The van der Waals surface area contributed by atoms with Gasteiger partial charge >= 0.3 is 0 Å². The Bertz CT molecular complexity index is 829. The molecule has 0 saturated carbocycles. The molecular weight excluding hydrogens is 338 g/mol. The summed E-state index contributed by atoms with van der Waals surface area (Å²) in [5.74, 6) is 1.10. The van der Waals surface area contributed by atoms with Gasteiger partial charge in [0.1, 0.15) is 5.82 Å². The second kappa shape index (κ2) is 8.41. The van der Waals surface area contributed by atoms with Gasteiger partial charge in [-0.3, -0.25) is 4.98 Å². The summed E-state index contributed by atoms with van der Waals surface area (Å²) in [5, 5.41) is 15.9. The van der Waals surface area contributed by atoms with Crippen LogP contribution in [-0.2, 0) is 0 Å². The van der Waals surface area contributed by atoms with Crippen molar-refractivity contribution in [1.29, 1.82) is 0 Å². The van der Waals surface area contributed by atoms with Crippen LogP contribution >= 0.6 is 11.6 Å². The van der Waals surface area contributed by atoms with Crippen molar-refractivity contribution in [3.05, 3.63) is 59.8 Å². The molecule has 0 amide bonds. The molecule has 0 saturated heterocycles. The molecule has 0 fully saturated rings. The quantitative estimate of drug-likeness (QED) is 0.560. The summed E-state index contributed by atoms with van der Waals surface area (Å²) in [6, 6.07) is 14.9. The summed E-state index contributed by atoms with van der Waals surface area (Å²) >= 11 is 6.04. The highest BCUT2D eigenvalue weighted by Crippen LogP contribution is 2.23. The van der Waals surface area contributed by atoms with Crippen LogP contribution in [0.4, 0.5) is 17.5 Å². The SMILES string of the molecule is OCCCNc1nc(Nc2cccc(Cl)c2)cc(-c2ccccn2)n1. The molecule has 0 unspecified atom stereocenters. The first-order valence-corrected chi connectivity index (χ1v) is 8.30. The third-order valence-electron chi connectivity index (χ3n) is 3.37. The van der Waals surface area contributed by atoms with E-state index in [1.165, 1.54) is 0 Å². The number of halogens is 1. The molecule has 0 aliphatic rings. The van der Waals surface area contributed by atoms with E-state index in [1.807, 2.05) is 48.5 Å². The van der Waals surface area contributed by atoms with Gasteiger partial charge in [0.25, 0.3) is 0 Å². The summed E-state index contributed by atoms with van der Waals surface area (Å²) in [4.78, 5) is 13.3. The van der Waals surface area contributed by atoms with Crippen LogP contribution in [0.2, 0.25) is 5.02 Å². The molecule has 3 rings (SSSR count). The van der Waals surface area contributed by atoms with Crippen molar-refractivity contribution in [3.63, 3.8) is 0 Å². The Morgan fingerprint density at radius 1 is 1.00 bits per heavy atom. The number of nitrogens with one attached hydrogen (secondary N) is 2. The Kier molecular flexibility index (Phi) is 5.77. The van der Waals surface area contributed by atoms with Crippen molar-refractivity contribution in [3.8, 4) is 11.4 Å². The fraction of sp³-hybridized carbons (Fsp3) is 0.167. The van der Waals surface area contributed by atoms with Crippen molar-refractivity contribution in [2.45, 2.75) is 6.42 Å². The number of hydrogen-bond acceptors (Lipinski definition) is 6. The van der Waals surface area contributed by atoms with Crippen LogP contribution in [0.1, 0.15) is 6.42 Å². The third kappa shape index (κ3) is 4.89. The molecule has 128 valence electrons. The monoisotopic (exact) mass is 355 g/mol. The van der Waals surface area contributed by atoms with Crippen LogP contribution in [0.5, 0.6) is 0 Å². The van der Waals surface area contributed by atoms with Gasteiger partial charge in [0.2, 0.25) is 5.95 Å². The summed E-state index contributed by atoms with van der Waals surface area (Å²) in [6.45, 7) is 0.694. The van der Waals surface area contributed by atoms with Gasteiger partial charge in [0.05, 0.1) is 11.4 Å². The predicted molar refractivity (Wildman–Crippen MR) is 100 cm³/mol. The van der Waals surface area contributed by atoms with Gasteiger partial charge in [-0.2, -0.15) is 4.98 Å². The van der Waals surface area contributed by atoms with Crippen molar-refractivity contribution >= 4 is 29.1 Å². The molecule has 0 bridgehead atoms. The number of pyridine rings is 1. The predicted octanol–water partition coefficient (Wildman–Crippen LogP) is 3.73. The van der Waals surface area contributed by atoms with Crippen LogP contribution in [0.25, 0.3) is 11.4 Å². The number of aliphatic hydroxyl groups excluding tert-OH is 1. The highest BCUT2D eigenvalue weighted by molar-refractivity contribution is 6.30. The highest BCUT2D eigenvalue weighted by atomic mass is 35.5. The number of aromatic nitrogens is 3. The van der Waals surface area contributed by atoms with Gasteiger partial charge in [-0.1, -0.05) is 23.7 Å². The van der Waals surface area contributed by atoms with E-state index in [0.717, 1.165) is 11.4 Å². The van der Waals surface area contributed by atoms with E-state index in [1.54, 1.807) is 6.20 Å². The summed E-state index contributed by atoms with van der Waals surface area (Å²) in [5.41, 5.74) is 2.29. The number of benzene rings is 1. The standard InChI is InChI=1S/C18H18ClN5O/c19-13-5-3-6-14(11-13)22-17-12-16(15-7-1-2-8-20-15)23-18(24-17)21-9-4-10-25/h1-3,5-8,11-12,25H,4,9-10H2,(H2,21,22,23,24). The lowest BCUT2D eigenvalue weighted by Gasteiger charge is -2.11. The molecule has 3 aromatic rings. The Morgan fingerprint density at radius 2 is 1.92 bits per heavy atom. The normalized spacial score (nSPS) is 10.5. The van der Waals surface area contributed by atoms with E-state index in [9.17, 15) is 0 Å². The van der Waals surface area contributed by atoms with Crippen molar-refractivity contribution in [2.75, 3.05) is 23.8 Å². The smallest absolute Gasteiger partial charge is 0.225 e. The topological polar surface area (TPSA) is 83.0 Å². The molecule has 2 aromatic heterocycles. The maximum atomic E-state index is 8.94. The van der Waals surface area contributed by atoms with Gasteiger partial charge in [-0.15, -0.1) is 0 Å². The number of anilines is 3. The minimum atomic E-state index is 0.112. The molecule has 0 radical (unpaired) electrons. The second-order valence-corrected chi connectivity index (χ2v) is 5.75. The Hall–Kier alpha value is -2.70. The molecule has 1 aromatic carbocycles. The lowest BCUT2D eigenvalue weighted by molar-refractivity contribution is 0.292. The van der Waals surface area contributed by atoms with Crippen molar-refractivity contribution in [1.82, 2.24) is 15.0 Å². The zero-order valence-corrected chi connectivity index (χ0v) is 14.2. The van der Waals surface area contributed by atoms with Crippen LogP contribution in [-0.4, -0.2) is 33.2 Å². The van der Waals surface area contributed by atoms with E-state index in [-0.39, 0.29) is 6.61 Å². The maximum absolute atomic E-state index is 8.94. The average molecular weight is 356 g/mol. The van der Waals surface area contributed by atoms with Crippen molar-refractivity contribution < 1.29 is 5.11 Å². The molecule has 0 spiro atoms. The van der Waals surface area contributed by atoms with Crippen LogP contribution in [0, 0.1) is 0 Å². The summed E-state index contributed by atoms with van der Waals surface area (Å²) in [7, 11) is 0. The zero-order valence-electron chi connectivity index (χ0n) is 13.5. The molecule has 6 nitrogen and oxygen atoms in total. The van der Waals surface area contributed by atoms with Crippen LogP contribution in [0.3, 0.4) is 0 Å². The van der Waals surface area contributed by atoms with Gasteiger partial charge in [-0.25, -0.2) is 4.98 Å². The minimum Gasteiger partial charge on any atom is -0.396 e. The van der Waals surface area contributed by atoms with E-state index >= 15 is 0 Å².